The van der Waals surface area contributed by atoms with E-state index in [1.165, 1.54) is 23.0 Å². The Morgan fingerprint density at radius 3 is 2.88 bits per heavy atom. The Balaban J connectivity index is 1.54. The SMILES string of the molecule is CCc1cc2c(SCC(=O)NC(=O)NC3CCCC3)ncnc2s1. The van der Waals surface area contributed by atoms with Gasteiger partial charge in [0.15, 0.2) is 0 Å². The molecule has 3 amide bonds. The summed E-state index contributed by atoms with van der Waals surface area (Å²) in [5.74, 6) is -0.158. The zero-order valence-electron chi connectivity index (χ0n) is 13.5. The molecule has 24 heavy (non-hydrogen) atoms. The monoisotopic (exact) mass is 364 g/mol. The van der Waals surface area contributed by atoms with Crippen LogP contribution in [-0.2, 0) is 11.2 Å². The number of nitrogens with one attached hydrogen (secondary N) is 2. The molecule has 8 heteroatoms. The van der Waals surface area contributed by atoms with Crippen molar-refractivity contribution in [3.05, 3.63) is 17.3 Å². The van der Waals surface area contributed by atoms with Gasteiger partial charge in [0.05, 0.1) is 5.75 Å². The van der Waals surface area contributed by atoms with Gasteiger partial charge in [-0.3, -0.25) is 10.1 Å². The zero-order valence-corrected chi connectivity index (χ0v) is 15.1. The highest BCUT2D eigenvalue weighted by Crippen LogP contribution is 2.30. The molecule has 1 saturated carbocycles. The quantitative estimate of drug-likeness (QED) is 0.629. The van der Waals surface area contributed by atoms with Crippen molar-refractivity contribution in [2.45, 2.75) is 50.1 Å². The first-order valence-electron chi connectivity index (χ1n) is 8.12. The topological polar surface area (TPSA) is 84.0 Å². The van der Waals surface area contributed by atoms with Crippen molar-refractivity contribution < 1.29 is 9.59 Å². The summed E-state index contributed by atoms with van der Waals surface area (Å²) >= 11 is 2.98. The molecule has 0 saturated heterocycles. The summed E-state index contributed by atoms with van der Waals surface area (Å²) < 4.78 is 0. The third kappa shape index (κ3) is 4.24. The molecule has 6 nitrogen and oxygen atoms in total. The van der Waals surface area contributed by atoms with Gasteiger partial charge < -0.3 is 5.32 Å². The number of nitrogens with zero attached hydrogens (tertiary/aromatic N) is 2. The Morgan fingerprint density at radius 2 is 2.12 bits per heavy atom. The van der Waals surface area contributed by atoms with Crippen molar-refractivity contribution in [1.29, 1.82) is 0 Å². The van der Waals surface area contributed by atoms with Gasteiger partial charge in [-0.15, -0.1) is 11.3 Å². The predicted molar refractivity (Wildman–Crippen MR) is 96.4 cm³/mol. The fourth-order valence-electron chi connectivity index (χ4n) is 2.76. The van der Waals surface area contributed by atoms with Crippen molar-refractivity contribution in [2.75, 3.05) is 5.75 Å². The average Bonchev–Trinajstić information content (AvgIpc) is 3.21. The van der Waals surface area contributed by atoms with E-state index in [9.17, 15) is 9.59 Å². The van der Waals surface area contributed by atoms with E-state index in [0.717, 1.165) is 47.3 Å². The number of rotatable bonds is 5. The first-order chi connectivity index (χ1) is 11.7. The van der Waals surface area contributed by atoms with Crippen LogP contribution < -0.4 is 10.6 Å². The third-order valence-electron chi connectivity index (χ3n) is 3.98. The van der Waals surface area contributed by atoms with E-state index in [4.69, 9.17) is 0 Å². The summed E-state index contributed by atoms with van der Waals surface area (Å²) in [6.45, 7) is 2.10. The Hall–Kier alpha value is -1.67. The number of carbonyl (C=O) groups excluding carboxylic acids is 2. The molecule has 2 N–H and O–H groups in total. The van der Waals surface area contributed by atoms with Crippen molar-refractivity contribution in [3.8, 4) is 0 Å². The largest absolute Gasteiger partial charge is 0.335 e. The van der Waals surface area contributed by atoms with Crippen LogP contribution in [0.5, 0.6) is 0 Å². The Bertz CT molecular complexity index is 741. The highest BCUT2D eigenvalue weighted by Gasteiger charge is 2.18. The lowest BCUT2D eigenvalue weighted by Gasteiger charge is -2.12. The number of aromatic nitrogens is 2. The molecular weight excluding hydrogens is 344 g/mol. The van der Waals surface area contributed by atoms with Crippen molar-refractivity contribution >= 4 is 45.3 Å². The summed E-state index contributed by atoms with van der Waals surface area (Å²) in [7, 11) is 0. The third-order valence-corrected chi connectivity index (χ3v) is 6.17. The van der Waals surface area contributed by atoms with E-state index in [-0.39, 0.29) is 17.7 Å². The molecule has 0 radical (unpaired) electrons. The molecule has 1 aliphatic rings. The van der Waals surface area contributed by atoms with E-state index < -0.39 is 6.03 Å². The van der Waals surface area contributed by atoms with Crippen molar-refractivity contribution in [3.63, 3.8) is 0 Å². The Morgan fingerprint density at radius 1 is 1.33 bits per heavy atom. The van der Waals surface area contributed by atoms with Crippen LogP contribution in [0.3, 0.4) is 0 Å². The molecule has 1 aliphatic carbocycles. The van der Waals surface area contributed by atoms with Crippen LogP contribution in [0.4, 0.5) is 4.79 Å². The molecule has 0 spiro atoms. The van der Waals surface area contributed by atoms with E-state index in [1.54, 1.807) is 11.3 Å². The number of urea groups is 1. The minimum absolute atomic E-state index is 0.154. The van der Waals surface area contributed by atoms with Crippen LogP contribution in [0, 0.1) is 0 Å². The molecule has 0 aromatic carbocycles. The maximum atomic E-state index is 12.0. The van der Waals surface area contributed by atoms with Gasteiger partial charge >= 0.3 is 6.03 Å². The van der Waals surface area contributed by atoms with Crippen LogP contribution in [0.1, 0.15) is 37.5 Å². The second-order valence-corrected chi connectivity index (χ2v) is 7.83. The highest BCUT2D eigenvalue weighted by molar-refractivity contribution is 8.00. The number of thiophene rings is 1. The van der Waals surface area contributed by atoms with Gasteiger partial charge in [0.2, 0.25) is 5.91 Å². The van der Waals surface area contributed by atoms with Gasteiger partial charge in [-0.1, -0.05) is 31.5 Å². The lowest BCUT2D eigenvalue weighted by Crippen LogP contribution is -2.44. The highest BCUT2D eigenvalue weighted by atomic mass is 32.2. The molecule has 1 fully saturated rings. The molecular formula is C16H20N4O2S2. The fraction of sp³-hybridized carbons (Fsp3) is 0.500. The lowest BCUT2D eigenvalue weighted by atomic mass is 10.2. The number of amides is 3. The first-order valence-corrected chi connectivity index (χ1v) is 9.92. The lowest BCUT2D eigenvalue weighted by molar-refractivity contribution is -0.117. The Labute approximate surface area is 148 Å². The molecule has 0 unspecified atom stereocenters. The zero-order chi connectivity index (χ0) is 16.9. The van der Waals surface area contributed by atoms with E-state index in [2.05, 4.69) is 33.6 Å². The van der Waals surface area contributed by atoms with Crippen LogP contribution in [0.2, 0.25) is 0 Å². The normalized spacial score (nSPS) is 14.9. The number of thioether (sulfide) groups is 1. The molecule has 3 rings (SSSR count). The standard InChI is InChI=1S/C16H20N4O2S2/c1-2-11-7-12-14(17-9-18-15(12)24-11)23-8-13(21)20-16(22)19-10-5-3-4-6-10/h7,9-10H,2-6,8H2,1H3,(H2,19,20,21,22). The van der Waals surface area contributed by atoms with Crippen LogP contribution >= 0.6 is 23.1 Å². The second-order valence-electron chi connectivity index (χ2n) is 5.76. The number of carbonyl (C=O) groups is 2. The fourth-order valence-corrected chi connectivity index (χ4v) is 4.53. The van der Waals surface area contributed by atoms with E-state index >= 15 is 0 Å². The van der Waals surface area contributed by atoms with Gasteiger partial charge in [0.1, 0.15) is 16.2 Å². The van der Waals surface area contributed by atoms with Crippen LogP contribution in [0.25, 0.3) is 10.2 Å². The molecule has 2 aromatic rings. The number of imide groups is 1. The smallest absolute Gasteiger partial charge is 0.321 e. The average molecular weight is 364 g/mol. The maximum absolute atomic E-state index is 12.0. The molecule has 0 bridgehead atoms. The van der Waals surface area contributed by atoms with Crippen LogP contribution in [-0.4, -0.2) is 33.7 Å². The summed E-state index contributed by atoms with van der Waals surface area (Å²) in [5.41, 5.74) is 0. The molecule has 2 heterocycles. The minimum Gasteiger partial charge on any atom is -0.335 e. The van der Waals surface area contributed by atoms with E-state index in [0.29, 0.717) is 0 Å². The van der Waals surface area contributed by atoms with Crippen LogP contribution in [0.15, 0.2) is 17.4 Å². The first kappa shape index (κ1) is 17.2. The number of hydrogen-bond donors (Lipinski definition) is 2. The van der Waals surface area contributed by atoms with E-state index in [1.807, 2.05) is 0 Å². The minimum atomic E-state index is -0.399. The Kier molecular flexibility index (Phi) is 5.68. The molecule has 128 valence electrons. The molecule has 0 atom stereocenters. The summed E-state index contributed by atoms with van der Waals surface area (Å²) in [6.07, 6.45) is 6.73. The van der Waals surface area contributed by atoms with Gasteiger partial charge in [-0.2, -0.15) is 0 Å². The summed E-state index contributed by atoms with van der Waals surface area (Å²) in [6, 6.07) is 1.88. The van der Waals surface area contributed by atoms with Gasteiger partial charge in [0, 0.05) is 16.3 Å². The number of aryl methyl sites for hydroxylation is 1. The molecule has 0 aliphatic heterocycles. The number of hydrogen-bond acceptors (Lipinski definition) is 6. The summed E-state index contributed by atoms with van der Waals surface area (Å²) in [4.78, 5) is 34.5. The van der Waals surface area contributed by atoms with Crippen molar-refractivity contribution in [2.24, 2.45) is 0 Å². The van der Waals surface area contributed by atoms with Gasteiger partial charge in [-0.05, 0) is 25.3 Å². The summed E-state index contributed by atoms with van der Waals surface area (Å²) in [5, 5.41) is 6.99. The number of fused-ring (bicyclic) bond motifs is 1. The molecule has 2 aromatic heterocycles. The van der Waals surface area contributed by atoms with Gasteiger partial charge in [0.25, 0.3) is 0 Å². The maximum Gasteiger partial charge on any atom is 0.321 e. The predicted octanol–water partition coefficient (Wildman–Crippen LogP) is 3.11. The van der Waals surface area contributed by atoms with Gasteiger partial charge in [-0.25, -0.2) is 14.8 Å². The van der Waals surface area contributed by atoms with Crippen molar-refractivity contribution in [1.82, 2.24) is 20.6 Å². The second kappa shape index (κ2) is 7.94.